The number of rotatable bonds is 8. The normalized spacial score (nSPS) is 11.2. The van der Waals surface area contributed by atoms with Gasteiger partial charge in [-0.15, -0.1) is 0 Å². The zero-order chi connectivity index (χ0) is 30.7. The van der Waals surface area contributed by atoms with Gasteiger partial charge in [-0.1, -0.05) is 47.5 Å². The fourth-order valence-corrected chi connectivity index (χ4v) is 4.90. The Morgan fingerprint density at radius 3 is 2.51 bits per heavy atom. The van der Waals surface area contributed by atoms with Crippen LogP contribution < -0.4 is 31.5 Å². The van der Waals surface area contributed by atoms with Crippen LogP contribution in [0.4, 0.5) is 5.69 Å². The zero-order valence-electron chi connectivity index (χ0n) is 23.2. The van der Waals surface area contributed by atoms with E-state index in [1.807, 2.05) is 30.3 Å². The number of fused-ring (bicyclic) bond motifs is 1. The van der Waals surface area contributed by atoms with Gasteiger partial charge < -0.3 is 14.8 Å². The first-order valence-corrected chi connectivity index (χ1v) is 13.9. The summed E-state index contributed by atoms with van der Waals surface area (Å²) in [5.41, 5.74) is 4.23. The van der Waals surface area contributed by atoms with Gasteiger partial charge in [0.25, 0.3) is 5.56 Å². The summed E-state index contributed by atoms with van der Waals surface area (Å²) in [6, 6.07) is 19.7. The standard InChI is InChI=1S/C29H25Cl2N7O4S/c1-36-25-24(26(39)37(2)29(36)40)38(16-18-10-11-19(30)14-21(18)31)28(34-25)42-22-12-9-17(13-23(22)41-3)15-32-35-27(43)33-20-7-5-4-6-8-20/h4-15H,16H2,1-3H3,(H2,33,35,43)/b32-15-. The van der Waals surface area contributed by atoms with E-state index in [2.05, 4.69) is 20.8 Å². The fraction of sp³-hybridized carbons (Fsp3) is 0.138. The summed E-state index contributed by atoms with van der Waals surface area (Å²) in [6.07, 6.45) is 1.57. The number of para-hydroxylation sites is 1. The highest BCUT2D eigenvalue weighted by Crippen LogP contribution is 2.34. The monoisotopic (exact) mass is 637 g/mol. The third-order valence-corrected chi connectivity index (χ3v) is 7.24. The van der Waals surface area contributed by atoms with Gasteiger partial charge in [0, 0.05) is 29.8 Å². The largest absolute Gasteiger partial charge is 0.493 e. The number of hydrogen-bond donors (Lipinski definition) is 2. The summed E-state index contributed by atoms with van der Waals surface area (Å²) in [4.78, 5) is 30.4. The van der Waals surface area contributed by atoms with Crippen LogP contribution in [0.3, 0.4) is 0 Å². The number of imidazole rings is 1. The van der Waals surface area contributed by atoms with Crippen LogP contribution in [0.5, 0.6) is 17.5 Å². The van der Waals surface area contributed by atoms with Gasteiger partial charge in [-0.2, -0.15) is 10.1 Å². The third kappa shape index (κ3) is 6.41. The molecule has 0 aliphatic heterocycles. The highest BCUT2D eigenvalue weighted by Gasteiger charge is 2.22. The molecule has 3 aromatic carbocycles. The molecule has 11 nitrogen and oxygen atoms in total. The number of anilines is 1. The Balaban J connectivity index is 1.46. The van der Waals surface area contributed by atoms with Gasteiger partial charge in [0.15, 0.2) is 27.8 Å². The van der Waals surface area contributed by atoms with Crippen molar-refractivity contribution in [3.63, 3.8) is 0 Å². The molecule has 14 heteroatoms. The SMILES string of the molecule is COc1cc(/C=N\NC(=S)Nc2ccccc2)ccc1Oc1nc2c(c(=O)n(C)c(=O)n2C)n1Cc1ccc(Cl)cc1Cl. The fourth-order valence-electron chi connectivity index (χ4n) is 4.26. The molecule has 0 saturated heterocycles. The second-order valence-electron chi connectivity index (χ2n) is 9.30. The molecule has 0 radical (unpaired) electrons. The summed E-state index contributed by atoms with van der Waals surface area (Å²) in [5.74, 6) is 0.688. The first kappa shape index (κ1) is 29.8. The molecular formula is C29H25Cl2N7O4S. The van der Waals surface area contributed by atoms with Gasteiger partial charge in [0.1, 0.15) is 0 Å². The lowest BCUT2D eigenvalue weighted by molar-refractivity contribution is 0.361. The molecule has 5 rings (SSSR count). The Morgan fingerprint density at radius 1 is 1.02 bits per heavy atom. The van der Waals surface area contributed by atoms with Gasteiger partial charge in [-0.05, 0) is 65.8 Å². The van der Waals surface area contributed by atoms with E-state index in [0.717, 1.165) is 10.3 Å². The highest BCUT2D eigenvalue weighted by atomic mass is 35.5. The molecule has 2 N–H and O–H groups in total. The molecule has 0 bridgehead atoms. The summed E-state index contributed by atoms with van der Waals surface area (Å²) in [5, 5.41) is 8.41. The van der Waals surface area contributed by atoms with Crippen molar-refractivity contribution < 1.29 is 9.47 Å². The van der Waals surface area contributed by atoms with Crippen LogP contribution in [0, 0.1) is 0 Å². The van der Waals surface area contributed by atoms with Crippen molar-refractivity contribution >= 4 is 63.6 Å². The Bertz CT molecular complexity index is 1990. The minimum absolute atomic E-state index is 0.0537. The predicted molar refractivity (Wildman–Crippen MR) is 172 cm³/mol. The van der Waals surface area contributed by atoms with Crippen molar-refractivity contribution in [3.05, 3.63) is 109 Å². The molecule has 0 saturated carbocycles. The van der Waals surface area contributed by atoms with Gasteiger partial charge in [-0.25, -0.2) is 4.79 Å². The molecule has 0 fully saturated rings. The predicted octanol–water partition coefficient (Wildman–Crippen LogP) is 4.91. The lowest BCUT2D eigenvalue weighted by atomic mass is 10.2. The Labute approximate surface area is 260 Å². The van der Waals surface area contributed by atoms with Gasteiger partial charge in [0.2, 0.25) is 0 Å². The van der Waals surface area contributed by atoms with Crippen LogP contribution in [-0.2, 0) is 20.6 Å². The van der Waals surface area contributed by atoms with Crippen molar-refractivity contribution in [3.8, 4) is 17.5 Å². The van der Waals surface area contributed by atoms with E-state index in [1.54, 1.807) is 47.2 Å². The molecular weight excluding hydrogens is 613 g/mol. The van der Waals surface area contributed by atoms with Crippen LogP contribution in [-0.4, -0.2) is 37.1 Å². The van der Waals surface area contributed by atoms with Crippen LogP contribution in [0.15, 0.2) is 81.4 Å². The Hall–Kier alpha value is -4.65. The summed E-state index contributed by atoms with van der Waals surface area (Å²) in [6.45, 7) is 0.116. The number of halogens is 2. The molecule has 0 aliphatic carbocycles. The van der Waals surface area contributed by atoms with Gasteiger partial charge >= 0.3 is 11.7 Å². The molecule has 0 spiro atoms. The Morgan fingerprint density at radius 2 is 1.79 bits per heavy atom. The lowest BCUT2D eigenvalue weighted by Crippen LogP contribution is -2.37. The van der Waals surface area contributed by atoms with Gasteiger partial charge in [-0.3, -0.25) is 23.9 Å². The van der Waals surface area contributed by atoms with Crippen molar-refractivity contribution in [1.29, 1.82) is 0 Å². The third-order valence-electron chi connectivity index (χ3n) is 6.46. The zero-order valence-corrected chi connectivity index (χ0v) is 25.5. The summed E-state index contributed by atoms with van der Waals surface area (Å²) >= 11 is 17.8. The van der Waals surface area contributed by atoms with E-state index in [0.29, 0.717) is 37.8 Å². The van der Waals surface area contributed by atoms with E-state index in [9.17, 15) is 9.59 Å². The van der Waals surface area contributed by atoms with Crippen LogP contribution in [0.2, 0.25) is 10.0 Å². The van der Waals surface area contributed by atoms with E-state index in [-0.39, 0.29) is 23.7 Å². The first-order valence-electron chi connectivity index (χ1n) is 12.8. The second-order valence-corrected chi connectivity index (χ2v) is 10.5. The molecule has 220 valence electrons. The van der Waals surface area contributed by atoms with Crippen molar-refractivity contribution in [2.24, 2.45) is 19.2 Å². The molecule has 0 atom stereocenters. The molecule has 2 heterocycles. The summed E-state index contributed by atoms with van der Waals surface area (Å²) in [7, 11) is 4.43. The number of hydrogen-bond acceptors (Lipinski definition) is 7. The number of benzene rings is 3. The smallest absolute Gasteiger partial charge is 0.332 e. The maximum Gasteiger partial charge on any atom is 0.332 e. The number of aromatic nitrogens is 4. The first-order chi connectivity index (χ1) is 20.7. The van der Waals surface area contributed by atoms with Crippen LogP contribution in [0.1, 0.15) is 11.1 Å². The number of nitrogens with zero attached hydrogens (tertiary/aromatic N) is 5. The van der Waals surface area contributed by atoms with Crippen molar-refractivity contribution in [1.82, 2.24) is 24.1 Å². The van der Waals surface area contributed by atoms with Crippen molar-refractivity contribution in [2.75, 3.05) is 12.4 Å². The minimum Gasteiger partial charge on any atom is -0.493 e. The number of ether oxygens (including phenoxy) is 2. The number of methoxy groups -OCH3 is 1. The number of hydrazone groups is 1. The highest BCUT2D eigenvalue weighted by molar-refractivity contribution is 7.80. The number of aryl methyl sites for hydroxylation is 1. The Kier molecular flexibility index (Phi) is 8.81. The van der Waals surface area contributed by atoms with E-state index < -0.39 is 11.2 Å². The van der Waals surface area contributed by atoms with Gasteiger partial charge in [0.05, 0.1) is 19.9 Å². The maximum atomic E-state index is 13.3. The topological polar surface area (TPSA) is 117 Å². The maximum absolute atomic E-state index is 13.3. The molecule has 0 amide bonds. The number of thiocarbonyl (C=S) groups is 1. The van der Waals surface area contributed by atoms with Crippen LogP contribution in [0.25, 0.3) is 11.2 Å². The quantitative estimate of drug-likeness (QED) is 0.140. The van der Waals surface area contributed by atoms with E-state index in [1.165, 1.54) is 25.8 Å². The average molecular weight is 639 g/mol. The average Bonchev–Trinajstić information content (AvgIpc) is 3.35. The summed E-state index contributed by atoms with van der Waals surface area (Å²) < 4.78 is 15.6. The van der Waals surface area contributed by atoms with Crippen molar-refractivity contribution in [2.45, 2.75) is 6.54 Å². The second kappa shape index (κ2) is 12.7. The molecule has 0 unspecified atom stereocenters. The lowest BCUT2D eigenvalue weighted by Gasteiger charge is -2.13. The minimum atomic E-state index is -0.531. The molecule has 43 heavy (non-hydrogen) atoms. The number of nitrogens with one attached hydrogen (secondary N) is 2. The van der Waals surface area contributed by atoms with E-state index in [4.69, 9.17) is 44.9 Å². The van der Waals surface area contributed by atoms with Crippen LogP contribution >= 0.6 is 35.4 Å². The van der Waals surface area contributed by atoms with E-state index >= 15 is 0 Å². The molecule has 5 aromatic rings. The molecule has 0 aliphatic rings. The molecule has 2 aromatic heterocycles.